The Labute approximate surface area is 86.6 Å². The van der Waals surface area contributed by atoms with Crippen LogP contribution in [-0.2, 0) is 10.0 Å². The molecule has 0 saturated carbocycles. The monoisotopic (exact) mass is 236 g/mol. The van der Waals surface area contributed by atoms with Gasteiger partial charge in [-0.05, 0) is 0 Å². The average molecular weight is 237 g/mol. The molecule has 0 atom stereocenters. The van der Waals surface area contributed by atoms with E-state index in [4.69, 9.17) is 16.7 Å². The lowest BCUT2D eigenvalue weighted by atomic mass is 10.6. The number of aromatic nitrogens is 2. The van der Waals surface area contributed by atoms with Gasteiger partial charge in [-0.2, -0.15) is 0 Å². The molecular weight excluding hydrogens is 228 g/mol. The van der Waals surface area contributed by atoms with E-state index in [2.05, 4.69) is 15.3 Å². The Morgan fingerprint density at radius 2 is 2.00 bits per heavy atom. The maximum Gasteiger partial charge on any atom is 0.222 e. The molecule has 1 aromatic heterocycles. The SMILES string of the molecule is NS(=O)(=O)CCNc1ncc(Cl)cn1. The second-order valence-corrected chi connectivity index (χ2v) is 4.69. The van der Waals surface area contributed by atoms with Gasteiger partial charge in [-0.25, -0.2) is 23.5 Å². The molecule has 1 heterocycles. The molecule has 0 aromatic carbocycles. The molecule has 0 aliphatic heterocycles. The summed E-state index contributed by atoms with van der Waals surface area (Å²) in [6, 6.07) is 0. The Hall–Kier alpha value is -0.920. The van der Waals surface area contributed by atoms with Crippen molar-refractivity contribution in [2.45, 2.75) is 0 Å². The highest BCUT2D eigenvalue weighted by Gasteiger charge is 2.02. The maximum atomic E-state index is 10.6. The van der Waals surface area contributed by atoms with E-state index < -0.39 is 10.0 Å². The lowest BCUT2D eigenvalue weighted by molar-refractivity contribution is 0.598. The number of hydrogen-bond donors (Lipinski definition) is 2. The van der Waals surface area contributed by atoms with E-state index >= 15 is 0 Å². The molecule has 0 bridgehead atoms. The van der Waals surface area contributed by atoms with E-state index in [0.29, 0.717) is 11.0 Å². The van der Waals surface area contributed by atoms with Crippen LogP contribution in [0, 0.1) is 0 Å². The first-order valence-electron chi connectivity index (χ1n) is 3.69. The number of nitrogens with zero attached hydrogens (tertiary/aromatic N) is 2. The predicted molar refractivity (Wildman–Crippen MR) is 53.5 cm³/mol. The summed E-state index contributed by atoms with van der Waals surface area (Å²) in [5, 5.41) is 7.90. The van der Waals surface area contributed by atoms with Gasteiger partial charge < -0.3 is 5.32 Å². The quantitative estimate of drug-likeness (QED) is 0.757. The topological polar surface area (TPSA) is 98.0 Å². The van der Waals surface area contributed by atoms with Crippen molar-refractivity contribution in [3.8, 4) is 0 Å². The minimum Gasteiger partial charge on any atom is -0.353 e. The summed E-state index contributed by atoms with van der Waals surface area (Å²) in [6.07, 6.45) is 2.82. The number of hydrogen-bond acceptors (Lipinski definition) is 5. The highest BCUT2D eigenvalue weighted by atomic mass is 35.5. The Balaban J connectivity index is 2.43. The van der Waals surface area contributed by atoms with Crippen LogP contribution >= 0.6 is 11.6 Å². The zero-order valence-electron chi connectivity index (χ0n) is 7.14. The summed E-state index contributed by atoms with van der Waals surface area (Å²) >= 11 is 5.55. The van der Waals surface area contributed by atoms with Crippen molar-refractivity contribution >= 4 is 27.6 Å². The van der Waals surface area contributed by atoms with Crippen molar-refractivity contribution in [3.05, 3.63) is 17.4 Å². The predicted octanol–water partition coefficient (Wildman–Crippen LogP) is -0.170. The van der Waals surface area contributed by atoms with Crippen LogP contribution in [0.15, 0.2) is 12.4 Å². The minimum absolute atomic E-state index is 0.167. The van der Waals surface area contributed by atoms with Gasteiger partial charge in [-0.1, -0.05) is 11.6 Å². The first kappa shape index (κ1) is 11.2. The smallest absolute Gasteiger partial charge is 0.222 e. The number of nitrogens with two attached hydrogens (primary N) is 1. The molecule has 6 nitrogen and oxygen atoms in total. The molecule has 0 amide bonds. The number of primary sulfonamides is 1. The normalized spacial score (nSPS) is 11.3. The Bertz CT molecular complexity index is 391. The number of rotatable bonds is 4. The van der Waals surface area contributed by atoms with Gasteiger partial charge in [0.1, 0.15) is 0 Å². The first-order valence-corrected chi connectivity index (χ1v) is 5.78. The van der Waals surface area contributed by atoms with E-state index in [1.165, 1.54) is 12.4 Å². The third kappa shape index (κ3) is 4.35. The highest BCUT2D eigenvalue weighted by Crippen LogP contribution is 2.04. The maximum absolute atomic E-state index is 10.6. The van der Waals surface area contributed by atoms with E-state index in [1.54, 1.807) is 0 Å². The molecule has 1 aromatic rings. The molecule has 8 heteroatoms. The van der Waals surface area contributed by atoms with Gasteiger partial charge in [-0.15, -0.1) is 0 Å². The summed E-state index contributed by atoms with van der Waals surface area (Å²) in [6.45, 7) is 0.167. The van der Waals surface area contributed by atoms with Crippen molar-refractivity contribution in [3.63, 3.8) is 0 Å². The van der Waals surface area contributed by atoms with Crippen molar-refractivity contribution in [2.24, 2.45) is 5.14 Å². The first-order chi connectivity index (χ1) is 6.47. The van der Waals surface area contributed by atoms with E-state index in [0.717, 1.165) is 0 Å². The molecule has 0 unspecified atom stereocenters. The largest absolute Gasteiger partial charge is 0.353 e. The second kappa shape index (κ2) is 4.54. The van der Waals surface area contributed by atoms with Gasteiger partial charge in [0.2, 0.25) is 16.0 Å². The Kier molecular flexibility index (Phi) is 3.62. The fourth-order valence-electron chi connectivity index (χ4n) is 0.709. The summed E-state index contributed by atoms with van der Waals surface area (Å²) in [4.78, 5) is 7.62. The molecular formula is C6H9ClN4O2S. The van der Waals surface area contributed by atoms with Crippen LogP contribution in [0.2, 0.25) is 5.02 Å². The summed E-state index contributed by atoms with van der Waals surface area (Å²) in [5.74, 6) is 0.150. The summed E-state index contributed by atoms with van der Waals surface area (Å²) < 4.78 is 21.1. The second-order valence-electron chi connectivity index (χ2n) is 2.52. The van der Waals surface area contributed by atoms with Crippen LogP contribution in [0.3, 0.4) is 0 Å². The van der Waals surface area contributed by atoms with Crippen LogP contribution in [0.1, 0.15) is 0 Å². The van der Waals surface area contributed by atoms with E-state index in [1.807, 2.05) is 0 Å². The Morgan fingerprint density at radius 1 is 1.43 bits per heavy atom. The van der Waals surface area contributed by atoms with Crippen molar-refractivity contribution in [1.82, 2.24) is 9.97 Å². The fraction of sp³-hybridized carbons (Fsp3) is 0.333. The molecule has 78 valence electrons. The molecule has 3 N–H and O–H groups in total. The van der Waals surface area contributed by atoms with E-state index in [9.17, 15) is 8.42 Å². The van der Waals surface area contributed by atoms with Gasteiger partial charge in [0, 0.05) is 6.54 Å². The van der Waals surface area contributed by atoms with Crippen molar-refractivity contribution < 1.29 is 8.42 Å². The number of anilines is 1. The van der Waals surface area contributed by atoms with Crippen LogP contribution in [0.5, 0.6) is 0 Å². The Morgan fingerprint density at radius 3 is 2.50 bits per heavy atom. The fourth-order valence-corrected chi connectivity index (χ4v) is 1.19. The number of halogens is 1. The van der Waals surface area contributed by atoms with Gasteiger partial charge in [0.25, 0.3) is 0 Å². The molecule has 14 heavy (non-hydrogen) atoms. The van der Waals surface area contributed by atoms with E-state index in [-0.39, 0.29) is 12.3 Å². The van der Waals surface area contributed by atoms with Gasteiger partial charge in [0.15, 0.2) is 0 Å². The van der Waals surface area contributed by atoms with Crippen molar-refractivity contribution in [1.29, 1.82) is 0 Å². The number of sulfonamides is 1. The third-order valence-corrected chi connectivity index (χ3v) is 2.26. The van der Waals surface area contributed by atoms with Gasteiger partial charge >= 0.3 is 0 Å². The average Bonchev–Trinajstić information content (AvgIpc) is 2.06. The zero-order chi connectivity index (χ0) is 10.6. The lowest BCUT2D eigenvalue weighted by Crippen LogP contribution is -2.22. The lowest BCUT2D eigenvalue weighted by Gasteiger charge is -2.02. The zero-order valence-corrected chi connectivity index (χ0v) is 8.72. The standard InChI is InChI=1S/C6H9ClN4O2S/c7-5-3-10-6(11-4-5)9-1-2-14(8,12)13/h3-4H,1-2H2,(H2,8,12,13)(H,9,10,11). The molecule has 0 saturated heterocycles. The van der Waals surface area contributed by atoms with Gasteiger partial charge in [-0.3, -0.25) is 0 Å². The molecule has 0 fully saturated rings. The van der Waals surface area contributed by atoms with Gasteiger partial charge in [0.05, 0.1) is 23.2 Å². The molecule has 0 radical (unpaired) electrons. The van der Waals surface area contributed by atoms with Crippen molar-refractivity contribution in [2.75, 3.05) is 17.6 Å². The highest BCUT2D eigenvalue weighted by molar-refractivity contribution is 7.89. The molecule has 0 spiro atoms. The summed E-state index contributed by atoms with van der Waals surface area (Å²) in [7, 11) is -3.45. The minimum atomic E-state index is -3.45. The summed E-state index contributed by atoms with van der Waals surface area (Å²) in [5.41, 5.74) is 0. The van der Waals surface area contributed by atoms with Crippen LogP contribution < -0.4 is 10.5 Å². The van der Waals surface area contributed by atoms with Crippen LogP contribution in [0.25, 0.3) is 0 Å². The third-order valence-electron chi connectivity index (χ3n) is 1.29. The van der Waals surface area contributed by atoms with Crippen LogP contribution in [-0.4, -0.2) is 30.7 Å². The molecule has 0 aliphatic carbocycles. The van der Waals surface area contributed by atoms with Crippen LogP contribution in [0.4, 0.5) is 5.95 Å². The molecule has 1 rings (SSSR count). The molecule has 0 aliphatic rings. The number of nitrogens with one attached hydrogen (secondary N) is 1.